The Bertz CT molecular complexity index is 1180. The SMILES string of the molecule is CCN(CC)c1ccc(-c2nnc(SCC(=O)Nc3ccc(S(=O)(=O)C(F)F)cc3)o2)cc1. The molecule has 0 bridgehead atoms. The maximum atomic E-state index is 12.6. The lowest BCUT2D eigenvalue weighted by molar-refractivity contribution is -0.113. The first-order valence-corrected chi connectivity index (χ1v) is 12.5. The maximum absolute atomic E-state index is 12.6. The van der Waals surface area contributed by atoms with Gasteiger partial charge in [-0.15, -0.1) is 10.2 Å². The minimum atomic E-state index is -4.68. The number of nitrogens with one attached hydrogen (secondary N) is 1. The Morgan fingerprint density at radius 1 is 1.06 bits per heavy atom. The van der Waals surface area contributed by atoms with Crippen molar-refractivity contribution in [2.24, 2.45) is 0 Å². The lowest BCUT2D eigenvalue weighted by atomic mass is 10.2. The highest BCUT2D eigenvalue weighted by molar-refractivity contribution is 7.99. The van der Waals surface area contributed by atoms with Gasteiger partial charge in [-0.2, -0.15) is 8.78 Å². The number of carbonyl (C=O) groups excluding carboxylic acids is 1. The first-order valence-electron chi connectivity index (χ1n) is 9.98. The molecule has 0 aliphatic carbocycles. The van der Waals surface area contributed by atoms with Gasteiger partial charge in [0.15, 0.2) is 0 Å². The van der Waals surface area contributed by atoms with Crippen LogP contribution in [0.3, 0.4) is 0 Å². The van der Waals surface area contributed by atoms with Gasteiger partial charge in [-0.1, -0.05) is 11.8 Å². The van der Waals surface area contributed by atoms with Gasteiger partial charge in [-0.3, -0.25) is 4.79 Å². The Kier molecular flexibility index (Phi) is 8.03. The number of alkyl halides is 2. The second-order valence-electron chi connectivity index (χ2n) is 6.76. The maximum Gasteiger partial charge on any atom is 0.341 e. The van der Waals surface area contributed by atoms with Crippen molar-refractivity contribution >= 4 is 38.9 Å². The van der Waals surface area contributed by atoms with Gasteiger partial charge < -0.3 is 14.6 Å². The molecule has 1 amide bonds. The smallest absolute Gasteiger partial charge is 0.341 e. The number of aromatic nitrogens is 2. The van der Waals surface area contributed by atoms with E-state index in [1.807, 2.05) is 24.3 Å². The molecule has 33 heavy (non-hydrogen) atoms. The van der Waals surface area contributed by atoms with Gasteiger partial charge in [-0.25, -0.2) is 8.42 Å². The normalized spacial score (nSPS) is 11.5. The molecular formula is C21H22F2N4O4S2. The van der Waals surface area contributed by atoms with Crippen LogP contribution in [-0.2, 0) is 14.6 Å². The molecule has 176 valence electrons. The summed E-state index contributed by atoms with van der Waals surface area (Å²) >= 11 is 1.03. The van der Waals surface area contributed by atoms with E-state index >= 15 is 0 Å². The van der Waals surface area contributed by atoms with E-state index in [1.54, 1.807) is 0 Å². The fourth-order valence-corrected chi connectivity index (χ4v) is 4.23. The molecule has 3 rings (SSSR count). The summed E-state index contributed by atoms with van der Waals surface area (Å²) in [6, 6.07) is 12.2. The lowest BCUT2D eigenvalue weighted by Gasteiger charge is -2.20. The highest BCUT2D eigenvalue weighted by atomic mass is 32.2. The van der Waals surface area contributed by atoms with Crippen LogP contribution in [-0.4, -0.2) is 49.1 Å². The van der Waals surface area contributed by atoms with Crippen LogP contribution < -0.4 is 10.2 Å². The number of nitrogens with zero attached hydrogens (tertiary/aromatic N) is 3. The third-order valence-corrected chi connectivity index (χ3v) is 6.89. The van der Waals surface area contributed by atoms with E-state index in [0.29, 0.717) is 5.89 Å². The van der Waals surface area contributed by atoms with Crippen molar-refractivity contribution in [3.63, 3.8) is 0 Å². The summed E-state index contributed by atoms with van der Waals surface area (Å²) in [4.78, 5) is 13.8. The number of carbonyl (C=O) groups is 1. The topological polar surface area (TPSA) is 105 Å². The van der Waals surface area contributed by atoms with E-state index in [1.165, 1.54) is 12.1 Å². The zero-order valence-electron chi connectivity index (χ0n) is 17.9. The summed E-state index contributed by atoms with van der Waals surface area (Å²) in [5.74, 6) is -3.62. The Morgan fingerprint density at radius 2 is 1.70 bits per heavy atom. The third kappa shape index (κ3) is 6.08. The molecule has 1 aromatic heterocycles. The third-order valence-electron chi connectivity index (χ3n) is 4.68. The number of thioether (sulfide) groups is 1. The molecule has 2 aromatic carbocycles. The fraction of sp³-hybridized carbons (Fsp3) is 0.286. The average Bonchev–Trinajstić information content (AvgIpc) is 3.28. The molecule has 0 aliphatic rings. The van der Waals surface area contributed by atoms with Gasteiger partial charge in [0.1, 0.15) is 0 Å². The second kappa shape index (κ2) is 10.8. The summed E-state index contributed by atoms with van der Waals surface area (Å²) < 4.78 is 53.6. The highest BCUT2D eigenvalue weighted by Crippen LogP contribution is 2.26. The molecule has 12 heteroatoms. The number of benzene rings is 2. The quantitative estimate of drug-likeness (QED) is 0.414. The first kappa shape index (κ1) is 24.6. The Labute approximate surface area is 194 Å². The molecule has 0 saturated heterocycles. The number of amides is 1. The van der Waals surface area contributed by atoms with Gasteiger partial charge in [0.05, 0.1) is 10.6 Å². The molecule has 0 radical (unpaired) electrons. The van der Waals surface area contributed by atoms with Gasteiger partial charge in [0.2, 0.25) is 21.6 Å². The van der Waals surface area contributed by atoms with E-state index in [0.717, 1.165) is 48.2 Å². The number of sulfone groups is 1. The van der Waals surface area contributed by atoms with Crippen LogP contribution in [0.25, 0.3) is 11.5 Å². The molecule has 1 heterocycles. The first-order chi connectivity index (χ1) is 15.7. The molecule has 0 spiro atoms. The van der Waals surface area contributed by atoms with Crippen molar-refractivity contribution in [2.45, 2.75) is 29.7 Å². The van der Waals surface area contributed by atoms with Gasteiger partial charge in [0.25, 0.3) is 5.22 Å². The van der Waals surface area contributed by atoms with Crippen molar-refractivity contribution in [3.05, 3.63) is 48.5 Å². The van der Waals surface area contributed by atoms with Crippen molar-refractivity contribution in [2.75, 3.05) is 29.1 Å². The molecule has 0 atom stereocenters. The molecule has 0 fully saturated rings. The zero-order valence-corrected chi connectivity index (χ0v) is 19.5. The van der Waals surface area contributed by atoms with Crippen LogP contribution >= 0.6 is 11.8 Å². The molecule has 8 nitrogen and oxygen atoms in total. The summed E-state index contributed by atoms with van der Waals surface area (Å²) in [5, 5.41) is 10.7. The van der Waals surface area contributed by atoms with Crippen LogP contribution in [0.5, 0.6) is 0 Å². The van der Waals surface area contributed by atoms with Crippen LogP contribution in [0.15, 0.2) is 63.1 Å². The fourth-order valence-electron chi connectivity index (χ4n) is 2.94. The van der Waals surface area contributed by atoms with Crippen LogP contribution in [0.1, 0.15) is 13.8 Å². The average molecular weight is 497 g/mol. The number of anilines is 2. The van der Waals surface area contributed by atoms with Crippen molar-refractivity contribution in [1.82, 2.24) is 10.2 Å². The van der Waals surface area contributed by atoms with Crippen LogP contribution in [0.2, 0.25) is 0 Å². The van der Waals surface area contributed by atoms with E-state index in [2.05, 4.69) is 34.3 Å². The van der Waals surface area contributed by atoms with E-state index in [9.17, 15) is 22.0 Å². The predicted molar refractivity (Wildman–Crippen MR) is 122 cm³/mol. The number of hydrogen-bond acceptors (Lipinski definition) is 8. The van der Waals surface area contributed by atoms with Crippen molar-refractivity contribution < 1.29 is 26.4 Å². The number of hydrogen-bond donors (Lipinski definition) is 1. The Hall–Kier alpha value is -2.99. The molecule has 3 aromatic rings. The molecule has 0 aliphatic heterocycles. The summed E-state index contributed by atoms with van der Waals surface area (Å²) in [6.07, 6.45) is 0. The lowest BCUT2D eigenvalue weighted by Crippen LogP contribution is -2.21. The predicted octanol–water partition coefficient (Wildman–Crippen LogP) is 4.31. The highest BCUT2D eigenvalue weighted by Gasteiger charge is 2.26. The summed E-state index contributed by atoms with van der Waals surface area (Å²) in [5.41, 5.74) is 2.12. The summed E-state index contributed by atoms with van der Waals surface area (Å²) in [6.45, 7) is 5.97. The number of rotatable bonds is 10. The van der Waals surface area contributed by atoms with E-state index in [-0.39, 0.29) is 16.7 Å². The Morgan fingerprint density at radius 3 is 2.27 bits per heavy atom. The van der Waals surface area contributed by atoms with Gasteiger partial charge in [-0.05, 0) is 62.4 Å². The largest absolute Gasteiger partial charge is 0.411 e. The molecule has 1 N–H and O–H groups in total. The van der Waals surface area contributed by atoms with E-state index in [4.69, 9.17) is 4.42 Å². The van der Waals surface area contributed by atoms with Gasteiger partial charge in [0, 0.05) is 30.0 Å². The monoisotopic (exact) mass is 496 g/mol. The second-order valence-corrected chi connectivity index (χ2v) is 9.60. The number of halogens is 2. The van der Waals surface area contributed by atoms with E-state index < -0.39 is 26.4 Å². The molecular weight excluding hydrogens is 474 g/mol. The van der Waals surface area contributed by atoms with Gasteiger partial charge >= 0.3 is 5.76 Å². The standard InChI is InChI=1S/C21H22F2N4O4S2/c1-3-27(4-2)16-9-5-14(6-10-16)19-25-26-21(31-19)32-13-18(28)24-15-7-11-17(12-8-15)33(29,30)20(22)23/h5-12,20H,3-4,13H2,1-2H3,(H,24,28). The zero-order chi connectivity index (χ0) is 24.0. The van der Waals surface area contributed by atoms with Crippen LogP contribution in [0.4, 0.5) is 20.2 Å². The molecule has 0 saturated carbocycles. The van der Waals surface area contributed by atoms with Crippen molar-refractivity contribution in [1.29, 1.82) is 0 Å². The molecule has 0 unspecified atom stereocenters. The van der Waals surface area contributed by atoms with Crippen molar-refractivity contribution in [3.8, 4) is 11.5 Å². The Balaban J connectivity index is 1.55. The minimum Gasteiger partial charge on any atom is -0.411 e. The minimum absolute atomic E-state index is 0.0420. The van der Waals surface area contributed by atoms with Crippen LogP contribution in [0, 0.1) is 0 Å². The summed E-state index contributed by atoms with van der Waals surface area (Å²) in [7, 11) is -4.68.